The Bertz CT molecular complexity index is 1990. The van der Waals surface area contributed by atoms with Gasteiger partial charge in [-0.05, 0) is 78.7 Å². The summed E-state index contributed by atoms with van der Waals surface area (Å²) in [5, 5.41) is 71.5. The van der Waals surface area contributed by atoms with Crippen LogP contribution in [0.25, 0.3) is 0 Å². The van der Waals surface area contributed by atoms with Crippen LogP contribution in [0.2, 0.25) is 0 Å². The van der Waals surface area contributed by atoms with E-state index in [1.165, 1.54) is 6.92 Å². The maximum atomic E-state index is 14.0. The van der Waals surface area contributed by atoms with E-state index in [0.717, 1.165) is 13.8 Å². The first-order chi connectivity index (χ1) is 35.7. The molecule has 10 atom stereocenters. The first kappa shape index (κ1) is 68.7. The standard InChI is InChI=1S/C43H78N16O17/c1-21(53-42(76)34(23(3)63)59-39(73)27(12-13-29(46)64)55-36(70)24(45)9-4-6-14-44)35(69)54-26(11-8-16-50-43(47)48)37(71)56-25(10-5-7-15-49-31(66)20-61)38(72)57-28(19-60)40(74)58-33(22(2)62)41(75)52-17-30(65)51-18-32(67)68/h21-28,33-34,60-63H,4-20,44-45H2,1-3H3,(H2,46,64)(H,49,66)(H,51,65)(H,52,75)(H,53,76)(H,54,69)(H,55,70)(H,56,71)(H,57,72)(H,58,74)(H,59,73)(H,67,68)(H4,47,48,50)/t21?,22-,23-,24+,25+,26+,27+,28+,33+,34+/m1/s1. The zero-order valence-corrected chi connectivity index (χ0v) is 42.8. The largest absolute Gasteiger partial charge is 0.480 e. The van der Waals surface area contributed by atoms with E-state index in [1.807, 2.05) is 5.32 Å². The number of carbonyl (C=O) groups is 12. The Labute approximate surface area is 437 Å². The molecule has 0 rings (SSSR count). The molecule has 0 saturated carbocycles. The van der Waals surface area contributed by atoms with Gasteiger partial charge in [-0.2, -0.15) is 0 Å². The van der Waals surface area contributed by atoms with E-state index in [4.69, 9.17) is 38.9 Å². The van der Waals surface area contributed by atoms with Gasteiger partial charge in [-0.25, -0.2) is 0 Å². The number of carbonyl (C=O) groups excluding carboxylic acids is 11. The van der Waals surface area contributed by atoms with Crippen molar-refractivity contribution in [2.24, 2.45) is 33.7 Å². The quantitative estimate of drug-likeness (QED) is 0.0154. The lowest BCUT2D eigenvalue weighted by molar-refractivity contribution is -0.138. The highest BCUT2D eigenvalue weighted by atomic mass is 16.4. The molecule has 33 nitrogen and oxygen atoms in total. The van der Waals surface area contributed by atoms with Gasteiger partial charge in [0.1, 0.15) is 55.4 Å². The molecular formula is C43H78N16O17. The van der Waals surface area contributed by atoms with Crippen molar-refractivity contribution in [1.82, 2.24) is 53.2 Å². The van der Waals surface area contributed by atoms with E-state index in [9.17, 15) is 72.9 Å². The van der Waals surface area contributed by atoms with Crippen LogP contribution in [0.15, 0.2) is 4.99 Å². The molecule has 1 unspecified atom stereocenters. The number of rotatable bonds is 39. The summed E-state index contributed by atoms with van der Waals surface area (Å²) in [5.41, 5.74) is 27.6. The Morgan fingerprint density at radius 1 is 0.513 bits per heavy atom. The minimum atomic E-state index is -1.85. The summed E-state index contributed by atoms with van der Waals surface area (Å²) < 4.78 is 0. The minimum absolute atomic E-state index is 0.0111. The van der Waals surface area contributed by atoms with Crippen molar-refractivity contribution in [3.05, 3.63) is 0 Å². The normalized spacial score (nSPS) is 14.8. The molecule has 432 valence electrons. The van der Waals surface area contributed by atoms with Gasteiger partial charge in [-0.1, -0.05) is 6.42 Å². The number of aliphatic hydroxyl groups is 4. The number of unbranched alkanes of at least 4 members (excludes halogenated alkanes) is 2. The number of carboxylic acids is 1. The molecule has 0 radical (unpaired) electrons. The molecule has 11 amide bonds. The van der Waals surface area contributed by atoms with Gasteiger partial charge >= 0.3 is 5.97 Å². The van der Waals surface area contributed by atoms with Gasteiger partial charge in [-0.3, -0.25) is 62.5 Å². The van der Waals surface area contributed by atoms with Crippen LogP contribution in [-0.4, -0.2) is 209 Å². The summed E-state index contributed by atoms with van der Waals surface area (Å²) in [6.07, 6.45) is -2.83. The fourth-order valence-electron chi connectivity index (χ4n) is 6.51. The van der Waals surface area contributed by atoms with Gasteiger partial charge in [0.2, 0.25) is 65.0 Å². The Morgan fingerprint density at radius 3 is 1.54 bits per heavy atom. The second-order valence-electron chi connectivity index (χ2n) is 17.3. The predicted octanol–water partition coefficient (Wildman–Crippen LogP) is -10.5. The zero-order chi connectivity index (χ0) is 58.1. The highest BCUT2D eigenvalue weighted by molar-refractivity contribution is 5.98. The number of hydrogen-bond acceptors (Lipinski definition) is 19. The van der Waals surface area contributed by atoms with Crippen LogP contribution in [0, 0.1) is 0 Å². The monoisotopic (exact) mass is 1090 g/mol. The van der Waals surface area contributed by atoms with Crippen molar-refractivity contribution in [1.29, 1.82) is 0 Å². The van der Waals surface area contributed by atoms with Gasteiger partial charge < -0.3 is 107 Å². The maximum Gasteiger partial charge on any atom is 0.322 e. The number of primary amides is 1. The first-order valence-corrected chi connectivity index (χ1v) is 24.2. The first-order valence-electron chi connectivity index (χ1n) is 24.2. The van der Waals surface area contributed by atoms with E-state index in [-0.39, 0.29) is 70.4 Å². The number of nitrogens with zero attached hydrogens (tertiary/aromatic N) is 1. The maximum absolute atomic E-state index is 14.0. The molecule has 0 aromatic carbocycles. The number of nitrogens with two attached hydrogens (primary N) is 5. The van der Waals surface area contributed by atoms with Gasteiger partial charge in [0, 0.05) is 19.5 Å². The molecule has 0 heterocycles. The molecule has 0 bridgehead atoms. The van der Waals surface area contributed by atoms with Crippen LogP contribution in [0.4, 0.5) is 0 Å². The lowest BCUT2D eigenvalue weighted by Crippen LogP contribution is -2.61. The van der Waals surface area contributed by atoms with Crippen molar-refractivity contribution >= 4 is 76.9 Å². The predicted molar refractivity (Wildman–Crippen MR) is 266 cm³/mol. The number of carboxylic acid groups (broad SMARTS) is 1. The Balaban J connectivity index is 6.52. The zero-order valence-electron chi connectivity index (χ0n) is 42.8. The Kier molecular flexibility index (Phi) is 33.8. The molecule has 0 aliphatic rings. The van der Waals surface area contributed by atoms with Crippen LogP contribution in [0.5, 0.6) is 0 Å². The second kappa shape index (κ2) is 37.4. The second-order valence-corrected chi connectivity index (χ2v) is 17.3. The molecule has 0 aromatic heterocycles. The topological polar surface area (TPSA) is 569 Å². The molecular weight excluding hydrogens is 1010 g/mol. The van der Waals surface area contributed by atoms with Gasteiger partial charge in [0.25, 0.3) is 0 Å². The van der Waals surface area contributed by atoms with Crippen molar-refractivity contribution in [3.8, 4) is 0 Å². The average molecular weight is 1090 g/mol. The third-order valence-corrected chi connectivity index (χ3v) is 10.8. The van der Waals surface area contributed by atoms with Gasteiger partial charge in [0.15, 0.2) is 5.96 Å². The summed E-state index contributed by atoms with van der Waals surface area (Å²) in [4.78, 5) is 157. The highest BCUT2D eigenvalue weighted by Crippen LogP contribution is 2.08. The Morgan fingerprint density at radius 2 is 1.01 bits per heavy atom. The molecule has 0 spiro atoms. The summed E-state index contributed by atoms with van der Waals surface area (Å²) in [7, 11) is 0. The number of amides is 11. The van der Waals surface area contributed by atoms with Crippen LogP contribution in [-0.2, 0) is 57.5 Å². The molecule has 0 saturated heterocycles. The van der Waals surface area contributed by atoms with Crippen molar-refractivity contribution in [3.63, 3.8) is 0 Å². The highest BCUT2D eigenvalue weighted by Gasteiger charge is 2.35. The number of aliphatic hydroxyl groups excluding tert-OH is 4. The van der Waals surface area contributed by atoms with Crippen molar-refractivity contribution < 1.29 is 83.1 Å². The van der Waals surface area contributed by atoms with Crippen molar-refractivity contribution in [2.45, 2.75) is 146 Å². The van der Waals surface area contributed by atoms with E-state index in [0.29, 0.717) is 19.4 Å². The number of nitrogens with one attached hydrogen (secondary N) is 10. The molecule has 76 heavy (non-hydrogen) atoms. The average Bonchev–Trinajstić information content (AvgIpc) is 3.35. The summed E-state index contributed by atoms with van der Waals surface area (Å²) in [5.74, 6) is -12.5. The van der Waals surface area contributed by atoms with Gasteiger partial charge in [-0.15, -0.1) is 0 Å². The van der Waals surface area contributed by atoms with Crippen molar-refractivity contribution in [2.75, 3.05) is 45.9 Å². The van der Waals surface area contributed by atoms with Crippen LogP contribution >= 0.6 is 0 Å². The molecule has 33 heteroatoms. The molecule has 0 aliphatic carbocycles. The number of guanidine groups is 1. The smallest absolute Gasteiger partial charge is 0.322 e. The lowest BCUT2D eigenvalue weighted by Gasteiger charge is -2.28. The molecule has 0 fully saturated rings. The fraction of sp³-hybridized carbons (Fsp3) is 0.698. The van der Waals surface area contributed by atoms with Crippen LogP contribution < -0.4 is 81.8 Å². The van der Waals surface area contributed by atoms with Crippen LogP contribution in [0.1, 0.15) is 85.0 Å². The Hall–Kier alpha value is -7.33. The van der Waals surface area contributed by atoms with E-state index >= 15 is 0 Å². The molecule has 25 N–H and O–H groups in total. The molecule has 0 aromatic rings. The van der Waals surface area contributed by atoms with Gasteiger partial charge in [0.05, 0.1) is 31.4 Å². The summed E-state index contributed by atoms with van der Waals surface area (Å²) in [6, 6.07) is -12.5. The van der Waals surface area contributed by atoms with E-state index in [2.05, 4.69) is 52.8 Å². The van der Waals surface area contributed by atoms with Crippen LogP contribution in [0.3, 0.4) is 0 Å². The minimum Gasteiger partial charge on any atom is -0.480 e. The fourth-order valence-corrected chi connectivity index (χ4v) is 6.51. The number of aliphatic carboxylic acids is 1. The number of hydrogen-bond donors (Lipinski definition) is 20. The lowest BCUT2D eigenvalue weighted by atomic mass is 10.0. The number of aliphatic imine (C=N–C) groups is 1. The third kappa shape index (κ3) is 28.9. The summed E-state index contributed by atoms with van der Waals surface area (Å²) in [6.45, 7) is 0.254. The summed E-state index contributed by atoms with van der Waals surface area (Å²) >= 11 is 0. The molecule has 0 aliphatic heterocycles. The third-order valence-electron chi connectivity index (χ3n) is 10.8. The van der Waals surface area contributed by atoms with E-state index in [1.54, 1.807) is 0 Å². The SMILES string of the molecule is CC(NC(=O)[C@@H](NC(=O)[C@H](CCC(N)=O)NC(=O)[C@@H](N)CCCCN)[C@@H](C)O)C(=O)N[C@@H](CCCN=C(N)N)C(=O)N[C@@H](CCCCNC(=O)CO)C(=O)N[C@@H](CO)C(=O)N[C@H](C(=O)NCC(=O)NCC(=O)O)[C@@H](C)O. The van der Waals surface area contributed by atoms with E-state index < -0.39 is 158 Å².